The Hall–Kier alpha value is -3.89. The van der Waals surface area contributed by atoms with Gasteiger partial charge in [0.2, 0.25) is 4.77 Å². The molecule has 0 aliphatic heterocycles. The van der Waals surface area contributed by atoms with Gasteiger partial charge in [-0.1, -0.05) is 10.3 Å². The maximum absolute atomic E-state index is 15.9. The maximum Gasteiger partial charge on any atom is 0.345 e. The molecule has 0 fully saturated rings. The molecule has 16 heteroatoms. The molecule has 1 unspecified atom stereocenters. The number of nitrogens with one attached hydrogen (secondary N) is 1. The lowest BCUT2D eigenvalue weighted by atomic mass is 9.84. The quantitative estimate of drug-likeness (QED) is 0.215. The molecule has 0 bridgehead atoms. The van der Waals surface area contributed by atoms with E-state index in [1.807, 2.05) is 0 Å². The number of aromatic amines is 1. The Labute approximate surface area is 214 Å². The van der Waals surface area contributed by atoms with Crippen LogP contribution in [0.3, 0.4) is 0 Å². The molecule has 0 radical (unpaired) electrons. The summed E-state index contributed by atoms with van der Waals surface area (Å²) in [7, 11) is 0. The Bertz CT molecular complexity index is 1470. The molecule has 4 aromatic rings. The number of pyridine rings is 2. The average molecular weight is 558 g/mol. The summed E-state index contributed by atoms with van der Waals surface area (Å²) in [4.78, 5) is 7.50. The van der Waals surface area contributed by atoms with Gasteiger partial charge < -0.3 is 14.6 Å². The summed E-state index contributed by atoms with van der Waals surface area (Å²) >= 11 is 4.88. The van der Waals surface area contributed by atoms with Crippen LogP contribution in [0.15, 0.2) is 55.0 Å². The molecule has 3 aromatic heterocycles. The van der Waals surface area contributed by atoms with Crippen molar-refractivity contribution >= 4 is 12.2 Å². The van der Waals surface area contributed by atoms with Crippen molar-refractivity contribution in [3.8, 4) is 11.5 Å². The van der Waals surface area contributed by atoms with E-state index in [-0.39, 0.29) is 21.8 Å². The second-order valence-corrected chi connectivity index (χ2v) is 8.17. The largest absolute Gasteiger partial charge is 0.454 e. The number of H-pyrrole nitrogens is 1. The van der Waals surface area contributed by atoms with Gasteiger partial charge in [-0.2, -0.15) is 22.8 Å². The van der Waals surface area contributed by atoms with Crippen molar-refractivity contribution in [2.75, 3.05) is 0 Å². The number of halogens is 6. The fraction of sp³-hybridized carbons (Fsp3) is 0.227. The third kappa shape index (κ3) is 5.66. The highest BCUT2D eigenvalue weighted by Crippen LogP contribution is 2.47. The number of aromatic nitrogens is 6. The minimum absolute atomic E-state index is 0.0465. The zero-order valence-corrected chi connectivity index (χ0v) is 19.7. The van der Waals surface area contributed by atoms with Crippen molar-refractivity contribution in [3.63, 3.8) is 0 Å². The van der Waals surface area contributed by atoms with E-state index in [2.05, 4.69) is 30.2 Å². The maximum atomic E-state index is 15.9. The molecule has 38 heavy (non-hydrogen) atoms. The molecular formula is C22H16F6N6O3S. The Morgan fingerprint density at radius 3 is 2.47 bits per heavy atom. The average Bonchev–Trinajstić information content (AvgIpc) is 3.27. The number of nitrogens with zero attached hydrogens (tertiary/aromatic N) is 5. The van der Waals surface area contributed by atoms with E-state index >= 15 is 8.78 Å². The Morgan fingerprint density at radius 1 is 1.05 bits per heavy atom. The number of aliphatic hydroxyl groups is 1. The summed E-state index contributed by atoms with van der Waals surface area (Å²) in [6, 6.07) is 4.99. The van der Waals surface area contributed by atoms with Gasteiger partial charge in [-0.15, -0.1) is 0 Å². The van der Waals surface area contributed by atoms with Crippen LogP contribution in [-0.2, 0) is 29.4 Å². The minimum atomic E-state index is -4.28. The van der Waals surface area contributed by atoms with Crippen molar-refractivity contribution < 1.29 is 40.9 Å². The van der Waals surface area contributed by atoms with Crippen molar-refractivity contribution in [1.29, 1.82) is 0 Å². The van der Waals surface area contributed by atoms with E-state index in [1.54, 1.807) is 0 Å². The number of rotatable bonds is 10. The first-order valence-corrected chi connectivity index (χ1v) is 10.9. The SMILES string of the molecule is OC(Cn1[nH]nnc1=S)(c1ccc(F)cc1F)C(F)(F)c1ccc(Oc2cncc(COC(F)F)c2)cn1. The smallest absolute Gasteiger partial charge is 0.345 e. The molecule has 3 heterocycles. The summed E-state index contributed by atoms with van der Waals surface area (Å²) in [6.07, 6.45) is 3.41. The van der Waals surface area contributed by atoms with Crippen LogP contribution in [0.25, 0.3) is 0 Å². The van der Waals surface area contributed by atoms with Crippen LogP contribution in [0.4, 0.5) is 26.3 Å². The van der Waals surface area contributed by atoms with Crippen LogP contribution in [0.1, 0.15) is 16.8 Å². The number of hydrogen-bond acceptors (Lipinski definition) is 8. The molecule has 0 amide bonds. The van der Waals surface area contributed by atoms with Crippen molar-refractivity contribution in [1.82, 2.24) is 30.2 Å². The minimum Gasteiger partial charge on any atom is -0.454 e. The second-order valence-electron chi connectivity index (χ2n) is 7.81. The van der Waals surface area contributed by atoms with E-state index in [0.29, 0.717) is 18.2 Å². The molecule has 0 spiro atoms. The zero-order valence-electron chi connectivity index (χ0n) is 18.9. The lowest BCUT2D eigenvalue weighted by Crippen LogP contribution is -2.48. The zero-order chi connectivity index (χ0) is 27.5. The van der Waals surface area contributed by atoms with E-state index in [1.165, 1.54) is 18.5 Å². The molecule has 0 saturated carbocycles. The summed E-state index contributed by atoms with van der Waals surface area (Å²) in [6.45, 7) is -4.48. The first-order chi connectivity index (χ1) is 18.0. The predicted octanol–water partition coefficient (Wildman–Crippen LogP) is 4.62. The molecule has 4 rings (SSSR count). The van der Waals surface area contributed by atoms with Crippen molar-refractivity contribution in [2.45, 2.75) is 31.3 Å². The van der Waals surface area contributed by atoms with E-state index < -0.39 is 54.2 Å². The van der Waals surface area contributed by atoms with Crippen LogP contribution < -0.4 is 4.74 Å². The third-order valence-corrected chi connectivity index (χ3v) is 5.56. The molecule has 200 valence electrons. The van der Waals surface area contributed by atoms with Gasteiger partial charge in [-0.25, -0.2) is 13.5 Å². The van der Waals surface area contributed by atoms with E-state index in [0.717, 1.165) is 23.0 Å². The first-order valence-electron chi connectivity index (χ1n) is 10.5. The van der Waals surface area contributed by atoms with Gasteiger partial charge in [0.05, 0.1) is 25.5 Å². The number of hydrogen-bond donors (Lipinski definition) is 2. The molecule has 0 saturated heterocycles. The highest BCUT2D eigenvalue weighted by atomic mass is 32.1. The molecular weight excluding hydrogens is 542 g/mol. The number of tetrazole rings is 1. The normalized spacial score (nSPS) is 13.5. The summed E-state index contributed by atoms with van der Waals surface area (Å²) in [5.41, 5.74) is -5.00. The van der Waals surface area contributed by atoms with Gasteiger partial charge in [-0.3, -0.25) is 9.97 Å². The fourth-order valence-corrected chi connectivity index (χ4v) is 3.60. The Balaban J connectivity index is 1.64. The van der Waals surface area contributed by atoms with E-state index in [9.17, 15) is 22.7 Å². The van der Waals surface area contributed by atoms with Crippen molar-refractivity contribution in [2.24, 2.45) is 0 Å². The van der Waals surface area contributed by atoms with Crippen LogP contribution in [-0.4, -0.2) is 41.9 Å². The van der Waals surface area contributed by atoms with Gasteiger partial charge in [0.25, 0.3) is 0 Å². The molecule has 0 aliphatic rings. The molecule has 2 N–H and O–H groups in total. The van der Waals surface area contributed by atoms with Gasteiger partial charge >= 0.3 is 12.5 Å². The number of alkyl halides is 4. The van der Waals surface area contributed by atoms with Gasteiger partial charge in [-0.05, 0) is 48.1 Å². The lowest BCUT2D eigenvalue weighted by Gasteiger charge is -2.36. The predicted molar refractivity (Wildman–Crippen MR) is 119 cm³/mol. The number of benzene rings is 1. The second kappa shape index (κ2) is 10.8. The molecule has 9 nitrogen and oxygen atoms in total. The summed E-state index contributed by atoms with van der Waals surface area (Å²) in [5.74, 6) is -6.73. The Morgan fingerprint density at radius 2 is 1.84 bits per heavy atom. The fourth-order valence-electron chi connectivity index (χ4n) is 3.46. The highest BCUT2D eigenvalue weighted by Gasteiger charge is 2.58. The van der Waals surface area contributed by atoms with Crippen molar-refractivity contribution in [3.05, 3.63) is 88.2 Å². The van der Waals surface area contributed by atoms with Crippen LogP contribution >= 0.6 is 12.2 Å². The molecule has 1 atom stereocenters. The monoisotopic (exact) mass is 558 g/mol. The summed E-state index contributed by atoms with van der Waals surface area (Å²) in [5, 5.41) is 20.3. The van der Waals surface area contributed by atoms with Gasteiger partial charge in [0, 0.05) is 17.8 Å². The van der Waals surface area contributed by atoms with Crippen LogP contribution in [0, 0.1) is 16.4 Å². The van der Waals surface area contributed by atoms with Crippen LogP contribution in [0.2, 0.25) is 0 Å². The first kappa shape index (κ1) is 27.2. The van der Waals surface area contributed by atoms with Crippen LogP contribution in [0.5, 0.6) is 11.5 Å². The van der Waals surface area contributed by atoms with Gasteiger partial charge in [0.1, 0.15) is 28.8 Å². The molecule has 1 aromatic carbocycles. The lowest BCUT2D eigenvalue weighted by molar-refractivity contribution is -0.208. The molecule has 0 aliphatic carbocycles. The number of ether oxygens (including phenoxy) is 2. The summed E-state index contributed by atoms with van der Waals surface area (Å²) < 4.78 is 94.5. The Kier molecular flexibility index (Phi) is 7.75. The topological polar surface area (TPSA) is 111 Å². The third-order valence-electron chi connectivity index (χ3n) is 5.25. The van der Waals surface area contributed by atoms with Gasteiger partial charge in [0.15, 0.2) is 5.60 Å². The standard InChI is InChI=1S/C22H16F6N6O3S/c23-13-1-3-16(17(24)6-13)21(35,11-34-20(38)31-32-33-34)22(27,28)18-4-2-14(9-30-18)37-15-5-12(7-29-8-15)10-36-19(25)26/h1-9,19,35H,10-11H2,(H,31,33,38). The van der Waals surface area contributed by atoms with E-state index in [4.69, 9.17) is 17.0 Å². The highest BCUT2D eigenvalue weighted by molar-refractivity contribution is 7.71.